The number of alkyl halides is 2. The second kappa shape index (κ2) is 8.14. The van der Waals surface area contributed by atoms with Crippen LogP contribution in [0.1, 0.15) is 6.92 Å². The van der Waals surface area contributed by atoms with Gasteiger partial charge in [0.1, 0.15) is 30.3 Å². The molecule has 1 aromatic carbocycles. The van der Waals surface area contributed by atoms with Crippen molar-refractivity contribution >= 4 is 23.3 Å². The summed E-state index contributed by atoms with van der Waals surface area (Å²) < 4.78 is 35.0. The Bertz CT molecular complexity index is 1010. The van der Waals surface area contributed by atoms with Crippen molar-refractivity contribution in [2.75, 3.05) is 37.0 Å². The Hall–Kier alpha value is -3.21. The molecule has 2 aromatic rings. The summed E-state index contributed by atoms with van der Waals surface area (Å²) in [5.74, 6) is 0.366. The number of likely N-dealkylation sites (N-methyl/N-ethyl adjacent to an activating group) is 1. The van der Waals surface area contributed by atoms with Gasteiger partial charge >= 0.3 is 0 Å². The number of benzene rings is 1. The second-order valence-electron chi connectivity index (χ2n) is 7.81. The number of amides is 2. The zero-order chi connectivity index (χ0) is 22.3. The van der Waals surface area contributed by atoms with Crippen molar-refractivity contribution in [1.82, 2.24) is 14.5 Å². The van der Waals surface area contributed by atoms with E-state index in [0.29, 0.717) is 36.0 Å². The minimum absolute atomic E-state index is 0.0538. The molecule has 166 valence electrons. The largest absolute Gasteiger partial charge is 0.491 e. The third-order valence-corrected chi connectivity index (χ3v) is 5.43. The maximum absolute atomic E-state index is 13.7. The number of rotatable bonds is 5. The van der Waals surface area contributed by atoms with E-state index in [0.717, 1.165) is 4.90 Å². The molecular formula is C20H24F2N6O3. The highest BCUT2D eigenvalue weighted by atomic mass is 19.3. The molecule has 1 fully saturated rings. The van der Waals surface area contributed by atoms with Crippen LogP contribution in [0.4, 0.5) is 20.3 Å². The van der Waals surface area contributed by atoms with Gasteiger partial charge in [-0.15, -0.1) is 0 Å². The average Bonchev–Trinajstić information content (AvgIpc) is 3.03. The standard InChI is InChI=1S/C20H24F2N6O3/c1-11(19(23)30)24-12-3-4-13-15(7-12)31-6-5-27-9-16(25-20(13)27)28-14(18(21)22)8-26(2)10-17(28)29/h3-4,7,9,11,14,18,24H,5-6,8,10H2,1-2H3,(H2,23,30)/t11-,14?/m0/s1. The molecular weight excluding hydrogens is 410 g/mol. The van der Waals surface area contributed by atoms with Gasteiger partial charge in [0.15, 0.2) is 5.82 Å². The van der Waals surface area contributed by atoms with Gasteiger partial charge in [0.05, 0.1) is 18.7 Å². The molecule has 2 aliphatic rings. The summed E-state index contributed by atoms with van der Waals surface area (Å²) >= 11 is 0. The first-order valence-corrected chi connectivity index (χ1v) is 9.93. The number of carbonyl (C=O) groups is 2. The maximum atomic E-state index is 13.7. The summed E-state index contributed by atoms with van der Waals surface area (Å²) in [6, 6.07) is 3.45. The smallest absolute Gasteiger partial charge is 0.260 e. The molecule has 1 aromatic heterocycles. The minimum Gasteiger partial charge on any atom is -0.491 e. The quantitative estimate of drug-likeness (QED) is 0.731. The van der Waals surface area contributed by atoms with Gasteiger partial charge < -0.3 is 20.4 Å². The number of hydrogen-bond donors (Lipinski definition) is 2. The van der Waals surface area contributed by atoms with Crippen LogP contribution in [-0.2, 0) is 16.1 Å². The number of piperazine rings is 1. The Kier molecular flexibility index (Phi) is 5.52. The fraction of sp³-hybridized carbons (Fsp3) is 0.450. The van der Waals surface area contributed by atoms with Gasteiger partial charge in [0, 0.05) is 24.5 Å². The molecule has 1 unspecified atom stereocenters. The van der Waals surface area contributed by atoms with Gasteiger partial charge in [-0.2, -0.15) is 0 Å². The lowest BCUT2D eigenvalue weighted by atomic mass is 10.1. The first-order chi connectivity index (χ1) is 14.7. The monoisotopic (exact) mass is 434 g/mol. The van der Waals surface area contributed by atoms with Gasteiger partial charge in [-0.1, -0.05) is 0 Å². The summed E-state index contributed by atoms with van der Waals surface area (Å²) in [7, 11) is 1.64. The van der Waals surface area contributed by atoms with Crippen molar-refractivity contribution < 1.29 is 23.1 Å². The summed E-state index contributed by atoms with van der Waals surface area (Å²) in [6.07, 6.45) is -1.07. The van der Waals surface area contributed by atoms with Crippen molar-refractivity contribution in [2.24, 2.45) is 5.73 Å². The van der Waals surface area contributed by atoms with Crippen LogP contribution >= 0.6 is 0 Å². The first kappa shape index (κ1) is 21.0. The molecule has 2 aliphatic heterocycles. The number of carbonyl (C=O) groups excluding carboxylic acids is 2. The number of hydrogen-bond acceptors (Lipinski definition) is 6. The fourth-order valence-corrected chi connectivity index (χ4v) is 3.84. The Balaban J connectivity index is 1.69. The van der Waals surface area contributed by atoms with E-state index >= 15 is 0 Å². The van der Waals surface area contributed by atoms with Gasteiger partial charge in [-0.05, 0) is 26.1 Å². The van der Waals surface area contributed by atoms with Crippen molar-refractivity contribution in [3.63, 3.8) is 0 Å². The summed E-state index contributed by atoms with van der Waals surface area (Å²) in [6.45, 7) is 2.55. The normalized spacial score (nSPS) is 20.0. The van der Waals surface area contributed by atoms with Crippen LogP contribution in [0.3, 0.4) is 0 Å². The Morgan fingerprint density at radius 2 is 2.16 bits per heavy atom. The number of primary amides is 1. The van der Waals surface area contributed by atoms with Gasteiger partial charge in [0.25, 0.3) is 6.43 Å². The van der Waals surface area contributed by atoms with E-state index in [4.69, 9.17) is 10.5 Å². The van der Waals surface area contributed by atoms with E-state index < -0.39 is 30.3 Å². The van der Waals surface area contributed by atoms with Gasteiger partial charge in [0.2, 0.25) is 11.8 Å². The number of nitrogens with two attached hydrogens (primary N) is 1. The summed E-state index contributed by atoms with van der Waals surface area (Å²) in [4.78, 5) is 31.1. The van der Waals surface area contributed by atoms with E-state index in [1.165, 1.54) is 0 Å². The highest BCUT2D eigenvalue weighted by Gasteiger charge is 2.39. The topological polar surface area (TPSA) is 106 Å². The molecule has 3 heterocycles. The predicted molar refractivity (Wildman–Crippen MR) is 110 cm³/mol. The van der Waals surface area contributed by atoms with Crippen molar-refractivity contribution in [2.45, 2.75) is 32.0 Å². The van der Waals surface area contributed by atoms with Crippen molar-refractivity contribution in [3.05, 3.63) is 24.4 Å². The van der Waals surface area contributed by atoms with Gasteiger partial charge in [-0.25, -0.2) is 13.8 Å². The molecule has 2 atom stereocenters. The molecule has 0 aliphatic carbocycles. The number of nitrogens with one attached hydrogen (secondary N) is 1. The highest BCUT2D eigenvalue weighted by molar-refractivity contribution is 5.95. The molecule has 3 N–H and O–H groups in total. The fourth-order valence-electron chi connectivity index (χ4n) is 3.84. The summed E-state index contributed by atoms with van der Waals surface area (Å²) in [5, 5.41) is 3.00. The molecule has 0 saturated carbocycles. The number of halogens is 2. The van der Waals surface area contributed by atoms with E-state index in [-0.39, 0.29) is 18.9 Å². The molecule has 4 rings (SSSR count). The molecule has 2 amide bonds. The predicted octanol–water partition coefficient (Wildman–Crippen LogP) is 1.14. The number of nitrogens with zero attached hydrogens (tertiary/aromatic N) is 4. The van der Waals surface area contributed by atoms with E-state index in [2.05, 4.69) is 10.3 Å². The lowest BCUT2D eigenvalue weighted by molar-refractivity contribution is -0.123. The third-order valence-electron chi connectivity index (χ3n) is 5.43. The van der Waals surface area contributed by atoms with Crippen LogP contribution in [0.25, 0.3) is 11.4 Å². The van der Waals surface area contributed by atoms with Crippen LogP contribution in [0.2, 0.25) is 0 Å². The van der Waals surface area contributed by atoms with Crippen molar-refractivity contribution in [1.29, 1.82) is 0 Å². The highest BCUT2D eigenvalue weighted by Crippen LogP contribution is 2.36. The third kappa shape index (κ3) is 4.05. The molecule has 0 bridgehead atoms. The Morgan fingerprint density at radius 3 is 2.87 bits per heavy atom. The number of aromatic nitrogens is 2. The number of anilines is 2. The van der Waals surface area contributed by atoms with Crippen LogP contribution in [0.15, 0.2) is 24.4 Å². The molecule has 0 spiro atoms. The zero-order valence-electron chi connectivity index (χ0n) is 17.2. The molecule has 31 heavy (non-hydrogen) atoms. The molecule has 1 saturated heterocycles. The molecule has 0 radical (unpaired) electrons. The lowest BCUT2D eigenvalue weighted by Crippen LogP contribution is -2.58. The van der Waals surface area contributed by atoms with E-state index in [1.54, 1.807) is 47.8 Å². The lowest BCUT2D eigenvalue weighted by Gasteiger charge is -2.37. The minimum atomic E-state index is -2.69. The van der Waals surface area contributed by atoms with Crippen LogP contribution < -0.4 is 20.7 Å². The van der Waals surface area contributed by atoms with Crippen LogP contribution in [0.5, 0.6) is 5.75 Å². The van der Waals surface area contributed by atoms with E-state index in [1.807, 2.05) is 0 Å². The number of fused-ring (bicyclic) bond motifs is 3. The Morgan fingerprint density at radius 1 is 1.39 bits per heavy atom. The van der Waals surface area contributed by atoms with E-state index in [9.17, 15) is 18.4 Å². The second-order valence-corrected chi connectivity index (χ2v) is 7.81. The maximum Gasteiger partial charge on any atom is 0.260 e. The number of ether oxygens (including phenoxy) is 1. The molecule has 9 nitrogen and oxygen atoms in total. The SMILES string of the molecule is C[C@H](Nc1ccc2c(c1)OCCn1cc(N3C(=O)CN(C)CC3C(F)F)nc1-2)C(N)=O. The first-order valence-electron chi connectivity index (χ1n) is 9.93. The van der Waals surface area contributed by atoms with Crippen LogP contribution in [-0.4, -0.2) is 71.5 Å². The zero-order valence-corrected chi connectivity index (χ0v) is 17.2. The Labute approximate surface area is 177 Å². The summed E-state index contributed by atoms with van der Waals surface area (Å²) in [5.41, 5.74) is 6.61. The van der Waals surface area contributed by atoms with Gasteiger partial charge in [-0.3, -0.25) is 19.4 Å². The van der Waals surface area contributed by atoms with Crippen LogP contribution in [0, 0.1) is 0 Å². The molecule has 11 heteroatoms. The van der Waals surface area contributed by atoms with Crippen molar-refractivity contribution in [3.8, 4) is 17.1 Å². The number of imidazole rings is 1. The average molecular weight is 434 g/mol.